The Morgan fingerprint density at radius 1 is 1.40 bits per heavy atom. The van der Waals surface area contributed by atoms with Crippen LogP contribution in [0.1, 0.15) is 43.7 Å². The third-order valence-electron chi connectivity index (χ3n) is 5.83. The number of aromatic amines is 1. The van der Waals surface area contributed by atoms with E-state index in [1.54, 1.807) is 12.5 Å². The van der Waals surface area contributed by atoms with Gasteiger partial charge in [-0.25, -0.2) is 0 Å². The molecule has 25 heavy (non-hydrogen) atoms. The van der Waals surface area contributed by atoms with Gasteiger partial charge >= 0.3 is 0 Å². The first-order valence-corrected chi connectivity index (χ1v) is 10.7. The van der Waals surface area contributed by atoms with Crippen molar-refractivity contribution >= 4 is 28.4 Å². The Morgan fingerprint density at radius 2 is 2.28 bits per heavy atom. The molecule has 0 saturated carbocycles. The third-order valence-corrected chi connectivity index (χ3v) is 7.15. The summed E-state index contributed by atoms with van der Waals surface area (Å²) in [5.41, 5.74) is 4.34. The van der Waals surface area contributed by atoms with Crippen molar-refractivity contribution in [3.8, 4) is 0 Å². The van der Waals surface area contributed by atoms with E-state index in [2.05, 4.69) is 41.2 Å². The summed E-state index contributed by atoms with van der Waals surface area (Å²) in [5.74, 6) is 3.39. The Balaban J connectivity index is 1.61. The van der Waals surface area contributed by atoms with Gasteiger partial charge in [-0.1, -0.05) is 19.1 Å². The summed E-state index contributed by atoms with van der Waals surface area (Å²) < 4.78 is 0. The fourth-order valence-electron chi connectivity index (χ4n) is 4.93. The van der Waals surface area contributed by atoms with Crippen molar-refractivity contribution in [2.75, 3.05) is 24.6 Å². The number of rotatable bonds is 6. The number of likely N-dealkylation sites (tertiary alicyclic amines) is 1. The Kier molecular flexibility index (Phi) is 4.92. The van der Waals surface area contributed by atoms with Crippen molar-refractivity contribution in [3.63, 3.8) is 0 Å². The average Bonchev–Trinajstić information content (AvgIpc) is 3.00. The van der Waals surface area contributed by atoms with Crippen LogP contribution in [0.5, 0.6) is 0 Å². The van der Waals surface area contributed by atoms with Crippen LogP contribution in [0, 0.1) is 5.92 Å². The van der Waals surface area contributed by atoms with Gasteiger partial charge in [0.2, 0.25) is 0 Å². The molecule has 4 rings (SSSR count). The number of aromatic nitrogens is 1. The highest BCUT2D eigenvalue weighted by atomic mass is 32.2. The predicted octanol–water partition coefficient (Wildman–Crippen LogP) is 4.23. The van der Waals surface area contributed by atoms with Gasteiger partial charge in [-0.2, -0.15) is 11.8 Å². The van der Waals surface area contributed by atoms with Crippen LogP contribution in [0.2, 0.25) is 0 Å². The summed E-state index contributed by atoms with van der Waals surface area (Å²) in [6.45, 7) is 6.36. The molecular formula is C21H28N2OS. The number of H-pyrrole nitrogens is 1. The Labute approximate surface area is 154 Å². The SMILES string of the molecule is CCCN1CC(CSCC(C)=O)C[C@@H]2c3cccc4[nH]cc(c34)C[C@H]21. The minimum absolute atomic E-state index is 0.295. The molecule has 0 spiro atoms. The van der Waals surface area contributed by atoms with Gasteiger partial charge in [-0.15, -0.1) is 0 Å². The maximum absolute atomic E-state index is 11.3. The summed E-state index contributed by atoms with van der Waals surface area (Å²) in [5, 5.41) is 1.48. The fourth-order valence-corrected chi connectivity index (χ4v) is 5.91. The van der Waals surface area contributed by atoms with Crippen molar-refractivity contribution < 1.29 is 4.79 Å². The van der Waals surface area contributed by atoms with Crippen LogP contribution in [0.4, 0.5) is 0 Å². The highest BCUT2D eigenvalue weighted by Crippen LogP contribution is 2.45. The first-order chi connectivity index (χ1) is 12.2. The number of piperidine rings is 1. The molecule has 2 heterocycles. The molecule has 1 aromatic heterocycles. The van der Waals surface area contributed by atoms with Crippen molar-refractivity contribution in [3.05, 3.63) is 35.5 Å². The van der Waals surface area contributed by atoms with Gasteiger partial charge in [-0.3, -0.25) is 9.69 Å². The van der Waals surface area contributed by atoms with E-state index in [0.29, 0.717) is 29.4 Å². The fraction of sp³-hybridized carbons (Fsp3) is 0.571. The summed E-state index contributed by atoms with van der Waals surface area (Å²) in [4.78, 5) is 17.5. The Bertz CT molecular complexity index is 768. The second kappa shape index (κ2) is 7.16. The molecule has 1 aromatic carbocycles. The molecule has 1 saturated heterocycles. The van der Waals surface area contributed by atoms with Crippen molar-refractivity contribution in [1.82, 2.24) is 9.88 Å². The van der Waals surface area contributed by atoms with E-state index in [0.717, 1.165) is 5.75 Å². The van der Waals surface area contributed by atoms with Crippen molar-refractivity contribution in [1.29, 1.82) is 0 Å². The molecule has 3 atom stereocenters. The smallest absolute Gasteiger partial charge is 0.139 e. The van der Waals surface area contributed by atoms with E-state index < -0.39 is 0 Å². The lowest BCUT2D eigenvalue weighted by Gasteiger charge is -2.47. The number of carbonyl (C=O) groups is 1. The minimum atomic E-state index is 0.295. The Morgan fingerprint density at radius 3 is 3.08 bits per heavy atom. The van der Waals surface area contributed by atoms with Gasteiger partial charge in [0.15, 0.2) is 0 Å². The first kappa shape index (κ1) is 17.2. The number of thioether (sulfide) groups is 1. The lowest BCUT2D eigenvalue weighted by Crippen LogP contribution is -2.50. The molecule has 1 aliphatic carbocycles. The summed E-state index contributed by atoms with van der Waals surface area (Å²) in [6.07, 6.45) is 5.87. The second-order valence-electron chi connectivity index (χ2n) is 7.78. The molecular weight excluding hydrogens is 328 g/mol. The number of Topliss-reactive ketones (excluding diaryl/α,β-unsaturated/α-hetero) is 1. The topological polar surface area (TPSA) is 36.1 Å². The molecule has 134 valence electrons. The number of ketones is 1. The average molecular weight is 357 g/mol. The van der Waals surface area contributed by atoms with E-state index in [9.17, 15) is 4.79 Å². The zero-order valence-corrected chi connectivity index (χ0v) is 16.1. The minimum Gasteiger partial charge on any atom is -0.361 e. The highest BCUT2D eigenvalue weighted by Gasteiger charge is 2.40. The zero-order valence-electron chi connectivity index (χ0n) is 15.3. The van der Waals surface area contributed by atoms with Crippen LogP contribution in [0.25, 0.3) is 10.9 Å². The van der Waals surface area contributed by atoms with Crippen LogP contribution in [-0.4, -0.2) is 46.3 Å². The van der Waals surface area contributed by atoms with E-state index in [1.165, 1.54) is 48.8 Å². The predicted molar refractivity (Wildman–Crippen MR) is 107 cm³/mol. The van der Waals surface area contributed by atoms with E-state index in [1.807, 2.05) is 11.8 Å². The van der Waals surface area contributed by atoms with Crippen LogP contribution in [0.3, 0.4) is 0 Å². The van der Waals surface area contributed by atoms with Crippen molar-refractivity contribution in [2.24, 2.45) is 5.92 Å². The van der Waals surface area contributed by atoms with Crippen molar-refractivity contribution in [2.45, 2.75) is 45.1 Å². The van der Waals surface area contributed by atoms with Crippen LogP contribution >= 0.6 is 11.8 Å². The van der Waals surface area contributed by atoms with Crippen LogP contribution in [0.15, 0.2) is 24.4 Å². The molecule has 2 aliphatic rings. The molecule has 0 radical (unpaired) electrons. The quantitative estimate of drug-likeness (QED) is 0.841. The number of nitrogens with one attached hydrogen (secondary N) is 1. The molecule has 1 aliphatic heterocycles. The monoisotopic (exact) mass is 356 g/mol. The normalized spacial score (nSPS) is 25.9. The van der Waals surface area contributed by atoms with Crippen LogP contribution < -0.4 is 0 Å². The van der Waals surface area contributed by atoms with E-state index >= 15 is 0 Å². The highest BCUT2D eigenvalue weighted by molar-refractivity contribution is 7.99. The Hall–Kier alpha value is -1.26. The van der Waals surface area contributed by atoms with Gasteiger partial charge in [-0.05, 0) is 61.6 Å². The standard InChI is InChI=1S/C21H28N2OS/c1-3-7-23-11-15(13-25-12-14(2)24)8-18-17-5-4-6-19-21(17)16(10-22-19)9-20(18)23/h4-6,10,15,18,20,22H,3,7-9,11-13H2,1-2H3/t15?,18-,20-/m1/s1. The van der Waals surface area contributed by atoms with Gasteiger partial charge in [0.1, 0.15) is 5.78 Å². The summed E-state index contributed by atoms with van der Waals surface area (Å²) in [7, 11) is 0. The third kappa shape index (κ3) is 3.26. The molecule has 1 fully saturated rings. The van der Waals surface area contributed by atoms with E-state index in [4.69, 9.17) is 0 Å². The lowest BCUT2D eigenvalue weighted by atomic mass is 9.72. The van der Waals surface area contributed by atoms with Gasteiger partial charge in [0.25, 0.3) is 0 Å². The largest absolute Gasteiger partial charge is 0.361 e. The maximum Gasteiger partial charge on any atom is 0.139 e. The number of benzene rings is 1. The van der Waals surface area contributed by atoms with E-state index in [-0.39, 0.29) is 0 Å². The van der Waals surface area contributed by atoms with Gasteiger partial charge in [0.05, 0.1) is 5.75 Å². The van der Waals surface area contributed by atoms with Crippen LogP contribution in [-0.2, 0) is 11.2 Å². The van der Waals surface area contributed by atoms with Gasteiger partial charge < -0.3 is 4.98 Å². The molecule has 2 aromatic rings. The summed E-state index contributed by atoms with van der Waals surface area (Å²) in [6, 6.07) is 7.41. The number of nitrogens with zero attached hydrogens (tertiary/aromatic N) is 1. The molecule has 0 bridgehead atoms. The molecule has 3 nitrogen and oxygen atoms in total. The number of fused-ring (bicyclic) bond motifs is 2. The maximum atomic E-state index is 11.3. The summed E-state index contributed by atoms with van der Waals surface area (Å²) >= 11 is 1.82. The number of carbonyl (C=O) groups excluding carboxylic acids is 1. The number of hydrogen-bond acceptors (Lipinski definition) is 3. The van der Waals surface area contributed by atoms with Gasteiger partial charge in [0, 0.05) is 35.6 Å². The molecule has 1 unspecified atom stereocenters. The zero-order chi connectivity index (χ0) is 17.4. The first-order valence-electron chi connectivity index (χ1n) is 9.57. The molecule has 0 amide bonds. The second-order valence-corrected chi connectivity index (χ2v) is 8.81. The lowest BCUT2D eigenvalue weighted by molar-refractivity contribution is -0.114. The molecule has 4 heteroatoms. The number of hydrogen-bond donors (Lipinski definition) is 1. The molecule has 1 N–H and O–H groups in total.